The molecule has 16 heavy (non-hydrogen) atoms. The summed E-state index contributed by atoms with van der Waals surface area (Å²) in [5.41, 5.74) is 5.61. The zero-order valence-electron chi connectivity index (χ0n) is 8.70. The van der Waals surface area contributed by atoms with E-state index in [-0.39, 0.29) is 0 Å². The first kappa shape index (κ1) is 8.94. The normalized spacial score (nSPS) is 21.3. The molecule has 4 rings (SSSR count). The summed E-state index contributed by atoms with van der Waals surface area (Å²) in [6.45, 7) is 0. The molecule has 0 bridgehead atoms. The van der Waals surface area contributed by atoms with Crippen LogP contribution in [0.1, 0.15) is 29.9 Å². The molecule has 0 fully saturated rings. The monoisotopic (exact) mass is 271 g/mol. The van der Waals surface area contributed by atoms with Crippen LogP contribution >= 0.6 is 15.9 Å². The maximum atomic E-state index is 4.46. The lowest BCUT2D eigenvalue weighted by Gasteiger charge is -2.31. The van der Waals surface area contributed by atoms with Crippen LogP contribution in [0.15, 0.2) is 34.9 Å². The molecular weight excluding hydrogens is 262 g/mol. The smallest absolute Gasteiger partial charge is 0.0850 e. The maximum Gasteiger partial charge on any atom is 0.0850 e. The molecule has 1 atom stereocenters. The Morgan fingerprint density at radius 2 is 2.31 bits per heavy atom. The number of nitrogens with zero attached hydrogens (tertiary/aromatic N) is 1. The Hall–Kier alpha value is -1.15. The van der Waals surface area contributed by atoms with Gasteiger partial charge in [-0.1, -0.05) is 12.1 Å². The highest BCUT2D eigenvalue weighted by atomic mass is 79.9. The zero-order chi connectivity index (χ0) is 10.7. The minimum Gasteiger partial charge on any atom is -0.255 e. The van der Waals surface area contributed by atoms with Gasteiger partial charge in [-0.05, 0) is 57.6 Å². The summed E-state index contributed by atoms with van der Waals surface area (Å²) in [4.78, 5) is 4.46. The molecule has 0 spiro atoms. The number of rotatable bonds is 0. The Balaban J connectivity index is 2.16. The van der Waals surface area contributed by atoms with Crippen LogP contribution in [0.3, 0.4) is 0 Å². The van der Waals surface area contributed by atoms with Crippen molar-refractivity contribution >= 4 is 32.4 Å². The molecule has 1 aromatic carbocycles. The van der Waals surface area contributed by atoms with Crippen molar-refractivity contribution < 1.29 is 0 Å². The molecule has 1 aromatic heterocycles. The van der Waals surface area contributed by atoms with Crippen LogP contribution in [0.5, 0.6) is 0 Å². The molecule has 78 valence electrons. The minimum absolute atomic E-state index is 0.705. The fraction of sp³-hybridized carbons (Fsp3) is 0.214. The number of allylic oxidation sites excluding steroid dienone is 2. The average molecular weight is 272 g/mol. The topological polar surface area (TPSA) is 12.9 Å². The predicted molar refractivity (Wildman–Crippen MR) is 69.4 cm³/mol. The second kappa shape index (κ2) is 2.95. The van der Waals surface area contributed by atoms with Crippen LogP contribution in [0.2, 0.25) is 0 Å². The largest absolute Gasteiger partial charge is 0.255 e. The highest BCUT2D eigenvalue weighted by molar-refractivity contribution is 9.10. The van der Waals surface area contributed by atoms with Gasteiger partial charge in [0.1, 0.15) is 0 Å². The summed E-state index contributed by atoms with van der Waals surface area (Å²) >= 11 is 3.63. The van der Waals surface area contributed by atoms with Crippen LogP contribution in [0.25, 0.3) is 16.5 Å². The van der Waals surface area contributed by atoms with Gasteiger partial charge in [-0.3, -0.25) is 4.98 Å². The Bertz CT molecular complexity index is 642. The van der Waals surface area contributed by atoms with E-state index in [2.05, 4.69) is 39.1 Å². The first-order chi connectivity index (χ1) is 7.86. The van der Waals surface area contributed by atoms with Crippen molar-refractivity contribution in [3.8, 4) is 0 Å². The van der Waals surface area contributed by atoms with Crippen LogP contribution in [-0.4, -0.2) is 4.98 Å². The van der Waals surface area contributed by atoms with Gasteiger partial charge < -0.3 is 0 Å². The molecule has 2 heteroatoms. The molecule has 1 nitrogen and oxygen atoms in total. The van der Waals surface area contributed by atoms with E-state index >= 15 is 0 Å². The number of benzene rings is 1. The van der Waals surface area contributed by atoms with Gasteiger partial charge >= 0.3 is 0 Å². The van der Waals surface area contributed by atoms with E-state index in [0.29, 0.717) is 5.92 Å². The van der Waals surface area contributed by atoms with Gasteiger partial charge in [0.15, 0.2) is 0 Å². The quantitative estimate of drug-likeness (QED) is 0.697. The van der Waals surface area contributed by atoms with Gasteiger partial charge in [0.25, 0.3) is 0 Å². The molecule has 0 saturated carbocycles. The Kier molecular flexibility index (Phi) is 1.65. The highest BCUT2D eigenvalue weighted by Crippen LogP contribution is 2.55. The average Bonchev–Trinajstić information content (AvgIpc) is 2.70. The van der Waals surface area contributed by atoms with Crippen LogP contribution in [-0.2, 0) is 0 Å². The second-order valence-corrected chi connectivity index (χ2v) is 5.37. The van der Waals surface area contributed by atoms with E-state index in [1.807, 2.05) is 12.3 Å². The van der Waals surface area contributed by atoms with Crippen LogP contribution in [0, 0.1) is 0 Å². The molecule has 2 aromatic rings. The molecular formula is C14H10BrN. The van der Waals surface area contributed by atoms with Crippen molar-refractivity contribution in [2.75, 3.05) is 0 Å². The van der Waals surface area contributed by atoms with Crippen LogP contribution in [0.4, 0.5) is 0 Å². The third-order valence-electron chi connectivity index (χ3n) is 3.73. The first-order valence-corrected chi connectivity index (χ1v) is 6.43. The molecule has 1 unspecified atom stereocenters. The van der Waals surface area contributed by atoms with Gasteiger partial charge in [-0.25, -0.2) is 0 Å². The van der Waals surface area contributed by atoms with Crippen molar-refractivity contribution in [2.24, 2.45) is 0 Å². The molecule has 0 radical (unpaired) electrons. The summed E-state index contributed by atoms with van der Waals surface area (Å²) in [7, 11) is 0. The molecule has 2 aliphatic carbocycles. The van der Waals surface area contributed by atoms with E-state index in [1.54, 1.807) is 5.57 Å². The van der Waals surface area contributed by atoms with Gasteiger partial charge in [0.2, 0.25) is 0 Å². The SMILES string of the molecule is Brc1cc2c(c3cccnc13)C1=CCCC12. The first-order valence-electron chi connectivity index (χ1n) is 5.64. The number of aromatic nitrogens is 1. The fourth-order valence-electron chi connectivity index (χ4n) is 3.05. The van der Waals surface area contributed by atoms with Crippen molar-refractivity contribution in [1.82, 2.24) is 4.98 Å². The van der Waals surface area contributed by atoms with Gasteiger partial charge in [-0.2, -0.15) is 0 Å². The zero-order valence-corrected chi connectivity index (χ0v) is 10.3. The van der Waals surface area contributed by atoms with Crippen molar-refractivity contribution in [3.05, 3.63) is 46.1 Å². The van der Waals surface area contributed by atoms with Gasteiger partial charge in [-0.15, -0.1) is 0 Å². The molecule has 2 aliphatic rings. The summed E-state index contributed by atoms with van der Waals surface area (Å²) in [6, 6.07) is 6.47. The lowest BCUT2D eigenvalue weighted by Crippen LogP contribution is -2.13. The summed E-state index contributed by atoms with van der Waals surface area (Å²) in [6.07, 6.45) is 6.78. The number of fused-ring (bicyclic) bond motifs is 6. The minimum atomic E-state index is 0.705. The molecule has 0 aliphatic heterocycles. The molecule has 0 saturated heterocycles. The number of pyridine rings is 1. The number of hydrogen-bond acceptors (Lipinski definition) is 1. The molecule has 1 heterocycles. The van der Waals surface area contributed by atoms with Crippen molar-refractivity contribution in [2.45, 2.75) is 18.8 Å². The van der Waals surface area contributed by atoms with E-state index in [9.17, 15) is 0 Å². The fourth-order valence-corrected chi connectivity index (χ4v) is 3.61. The molecule has 0 N–H and O–H groups in total. The summed E-state index contributed by atoms with van der Waals surface area (Å²) < 4.78 is 1.13. The summed E-state index contributed by atoms with van der Waals surface area (Å²) in [5, 5.41) is 1.30. The van der Waals surface area contributed by atoms with E-state index < -0.39 is 0 Å². The highest BCUT2D eigenvalue weighted by Gasteiger charge is 2.36. The van der Waals surface area contributed by atoms with E-state index in [0.717, 1.165) is 9.99 Å². The Morgan fingerprint density at radius 1 is 1.38 bits per heavy atom. The van der Waals surface area contributed by atoms with Gasteiger partial charge in [0.05, 0.1) is 5.52 Å². The Labute approximate surface area is 102 Å². The number of halogens is 1. The lowest BCUT2D eigenvalue weighted by atomic mass is 9.72. The van der Waals surface area contributed by atoms with E-state index in [4.69, 9.17) is 0 Å². The molecule has 0 amide bonds. The Morgan fingerprint density at radius 3 is 3.25 bits per heavy atom. The number of hydrogen-bond donors (Lipinski definition) is 0. The summed E-state index contributed by atoms with van der Waals surface area (Å²) in [5.74, 6) is 0.705. The predicted octanol–water partition coefficient (Wildman–Crippen LogP) is 4.27. The third kappa shape index (κ3) is 0.938. The standard InChI is InChI=1S/C14H10BrN/c15-12-7-11-8-3-1-4-9(8)13(11)10-5-2-6-16-14(10)12/h2,4-8H,1,3H2. The van der Waals surface area contributed by atoms with E-state index in [1.165, 1.54) is 29.4 Å². The van der Waals surface area contributed by atoms with Gasteiger partial charge in [0, 0.05) is 22.0 Å². The lowest BCUT2D eigenvalue weighted by molar-refractivity contribution is 0.780. The third-order valence-corrected chi connectivity index (χ3v) is 4.34. The van der Waals surface area contributed by atoms with Crippen molar-refractivity contribution in [1.29, 1.82) is 0 Å². The van der Waals surface area contributed by atoms with Crippen molar-refractivity contribution in [3.63, 3.8) is 0 Å². The second-order valence-electron chi connectivity index (χ2n) is 4.51. The van der Waals surface area contributed by atoms with Crippen LogP contribution < -0.4 is 0 Å². The maximum absolute atomic E-state index is 4.46.